The van der Waals surface area contributed by atoms with Crippen LogP contribution in [0.25, 0.3) is 6.08 Å². The Labute approximate surface area is 208 Å². The largest absolute Gasteiger partial charge is 0.493 e. The van der Waals surface area contributed by atoms with Crippen molar-refractivity contribution in [3.8, 4) is 11.5 Å². The highest BCUT2D eigenvalue weighted by molar-refractivity contribution is 7.18. The second-order valence-corrected chi connectivity index (χ2v) is 8.56. The van der Waals surface area contributed by atoms with E-state index >= 15 is 0 Å². The lowest BCUT2D eigenvalue weighted by atomic mass is 10.1. The van der Waals surface area contributed by atoms with E-state index in [1.54, 1.807) is 45.2 Å². The summed E-state index contributed by atoms with van der Waals surface area (Å²) in [6.45, 7) is 5.36. The third kappa shape index (κ3) is 6.58. The van der Waals surface area contributed by atoms with E-state index in [2.05, 4.69) is 5.32 Å². The molecule has 0 saturated carbocycles. The van der Waals surface area contributed by atoms with Crippen LogP contribution in [0, 0.1) is 6.92 Å². The second kappa shape index (κ2) is 12.0. The fraction of sp³-hybridized carbons (Fsp3) is 0.222. The molecular weight excluding hydrogens is 466 g/mol. The molecule has 0 saturated heterocycles. The highest BCUT2D eigenvalue weighted by Gasteiger charge is 2.24. The average molecular weight is 494 g/mol. The van der Waals surface area contributed by atoms with Gasteiger partial charge in [-0.25, -0.2) is 4.79 Å². The lowest BCUT2D eigenvalue weighted by molar-refractivity contribution is -0.111. The predicted molar refractivity (Wildman–Crippen MR) is 136 cm³/mol. The van der Waals surface area contributed by atoms with Crippen molar-refractivity contribution in [1.29, 1.82) is 0 Å². The molecule has 1 heterocycles. The molecule has 0 aliphatic rings. The van der Waals surface area contributed by atoms with Crippen LogP contribution in [0.3, 0.4) is 0 Å². The molecule has 3 aromatic rings. The van der Waals surface area contributed by atoms with Crippen LogP contribution < -0.4 is 14.8 Å². The van der Waals surface area contributed by atoms with Crippen molar-refractivity contribution < 1.29 is 28.6 Å². The number of ether oxygens (including phenoxy) is 3. The maximum Gasteiger partial charge on any atom is 0.341 e. The number of esters is 1. The second-order valence-electron chi connectivity index (χ2n) is 7.54. The van der Waals surface area contributed by atoms with Crippen molar-refractivity contribution in [1.82, 2.24) is 0 Å². The van der Waals surface area contributed by atoms with Crippen molar-refractivity contribution in [2.24, 2.45) is 0 Å². The topological polar surface area (TPSA) is 90.9 Å². The minimum Gasteiger partial charge on any atom is -0.493 e. The molecule has 7 nitrogen and oxygen atoms in total. The Morgan fingerprint density at radius 1 is 1.06 bits per heavy atom. The van der Waals surface area contributed by atoms with Crippen LogP contribution in [0.4, 0.5) is 5.00 Å². The number of rotatable bonds is 10. The first-order valence-electron chi connectivity index (χ1n) is 11.0. The molecule has 1 amide bonds. The highest BCUT2D eigenvalue weighted by Crippen LogP contribution is 2.34. The number of benzene rings is 2. The van der Waals surface area contributed by atoms with Gasteiger partial charge in [0.2, 0.25) is 5.91 Å². The summed E-state index contributed by atoms with van der Waals surface area (Å²) >= 11 is 1.06. The summed E-state index contributed by atoms with van der Waals surface area (Å²) in [5, 5.41) is 2.98. The predicted octanol–water partition coefficient (Wildman–Crippen LogP) is 5.68. The van der Waals surface area contributed by atoms with Gasteiger partial charge in [0.15, 0.2) is 17.3 Å². The lowest BCUT2D eigenvalue weighted by Gasteiger charge is -2.11. The van der Waals surface area contributed by atoms with Gasteiger partial charge in [0.25, 0.3) is 0 Å². The van der Waals surface area contributed by atoms with E-state index in [4.69, 9.17) is 14.2 Å². The summed E-state index contributed by atoms with van der Waals surface area (Å²) in [5.41, 5.74) is 2.46. The molecule has 0 aliphatic heterocycles. The van der Waals surface area contributed by atoms with Gasteiger partial charge in [0.05, 0.1) is 24.2 Å². The van der Waals surface area contributed by atoms with Gasteiger partial charge in [-0.05, 0) is 55.7 Å². The Balaban J connectivity index is 1.73. The number of hydrogen-bond acceptors (Lipinski definition) is 7. The summed E-state index contributed by atoms with van der Waals surface area (Å²) in [5.74, 6) is -0.0918. The van der Waals surface area contributed by atoms with Crippen molar-refractivity contribution in [3.63, 3.8) is 0 Å². The smallest absolute Gasteiger partial charge is 0.341 e. The minimum atomic E-state index is -0.580. The van der Waals surface area contributed by atoms with Crippen LogP contribution in [0.15, 0.2) is 54.6 Å². The standard InChI is InChI=1S/C27H27NO6S/c1-5-33-27(31)24-17(2)25(18(3)29)35-26(24)28-23(30)14-12-19-11-13-21(22(15-19)32-4)34-16-20-9-7-6-8-10-20/h6-15H,5,16H2,1-4H3,(H,28,30). The number of anilines is 1. The van der Waals surface area contributed by atoms with E-state index in [-0.39, 0.29) is 23.0 Å². The molecule has 182 valence electrons. The summed E-state index contributed by atoms with van der Waals surface area (Å²) in [6.07, 6.45) is 2.96. The summed E-state index contributed by atoms with van der Waals surface area (Å²) in [4.78, 5) is 37.4. The number of carbonyl (C=O) groups is 3. The minimum absolute atomic E-state index is 0.184. The molecule has 0 unspecified atom stereocenters. The van der Waals surface area contributed by atoms with Crippen LogP contribution in [0.5, 0.6) is 11.5 Å². The molecule has 1 N–H and O–H groups in total. The van der Waals surface area contributed by atoms with Crippen molar-refractivity contribution >= 4 is 40.1 Å². The maximum atomic E-state index is 12.6. The zero-order valence-corrected chi connectivity index (χ0v) is 20.9. The molecule has 35 heavy (non-hydrogen) atoms. The van der Waals surface area contributed by atoms with Gasteiger partial charge in [-0.1, -0.05) is 36.4 Å². The van der Waals surface area contributed by atoms with Crippen molar-refractivity contribution in [3.05, 3.63) is 81.7 Å². The van der Waals surface area contributed by atoms with Gasteiger partial charge >= 0.3 is 5.97 Å². The van der Waals surface area contributed by atoms with Gasteiger partial charge in [0.1, 0.15) is 11.6 Å². The number of thiophene rings is 1. The lowest BCUT2D eigenvalue weighted by Crippen LogP contribution is -2.12. The number of ketones is 1. The Hall–Kier alpha value is -3.91. The number of amides is 1. The van der Waals surface area contributed by atoms with Gasteiger partial charge < -0.3 is 19.5 Å². The Bertz CT molecular complexity index is 1250. The molecule has 8 heteroatoms. The third-order valence-electron chi connectivity index (χ3n) is 5.03. The highest BCUT2D eigenvalue weighted by atomic mass is 32.1. The van der Waals surface area contributed by atoms with Crippen LogP contribution in [-0.4, -0.2) is 31.4 Å². The Morgan fingerprint density at radius 2 is 1.80 bits per heavy atom. The molecule has 0 fully saturated rings. The third-order valence-corrected chi connectivity index (χ3v) is 6.34. The van der Waals surface area contributed by atoms with Crippen LogP contribution in [-0.2, 0) is 16.1 Å². The Kier molecular flexibility index (Phi) is 8.80. The van der Waals surface area contributed by atoms with E-state index in [1.165, 1.54) is 13.0 Å². The molecular formula is C27H27NO6S. The number of nitrogens with one attached hydrogen (secondary N) is 1. The van der Waals surface area contributed by atoms with Gasteiger partial charge in [-0.2, -0.15) is 0 Å². The average Bonchev–Trinajstić information content (AvgIpc) is 3.18. The fourth-order valence-electron chi connectivity index (χ4n) is 3.35. The number of methoxy groups -OCH3 is 1. The molecule has 0 atom stereocenters. The first-order chi connectivity index (χ1) is 16.8. The summed E-state index contributed by atoms with van der Waals surface area (Å²) in [6, 6.07) is 15.1. The van der Waals surface area contributed by atoms with Crippen LogP contribution in [0.2, 0.25) is 0 Å². The first-order valence-corrected chi connectivity index (χ1v) is 11.8. The number of Topliss-reactive ketones (excluding diaryl/α,β-unsaturated/α-hetero) is 1. The zero-order valence-electron chi connectivity index (χ0n) is 20.0. The van der Waals surface area contributed by atoms with Crippen LogP contribution in [0.1, 0.15) is 50.6 Å². The molecule has 1 aromatic heterocycles. The van der Waals surface area contributed by atoms with E-state index in [1.807, 2.05) is 30.3 Å². The van der Waals surface area contributed by atoms with Crippen molar-refractivity contribution in [2.45, 2.75) is 27.4 Å². The van der Waals surface area contributed by atoms with Crippen LogP contribution >= 0.6 is 11.3 Å². The van der Waals surface area contributed by atoms with E-state index in [0.717, 1.165) is 22.5 Å². The van der Waals surface area contributed by atoms with E-state index in [0.29, 0.717) is 28.5 Å². The quantitative estimate of drug-likeness (QED) is 0.222. The van der Waals surface area contributed by atoms with Gasteiger partial charge in [-0.15, -0.1) is 11.3 Å². The summed E-state index contributed by atoms with van der Waals surface area (Å²) < 4.78 is 16.4. The van der Waals surface area contributed by atoms with Gasteiger partial charge in [0, 0.05) is 6.08 Å². The fourth-order valence-corrected chi connectivity index (χ4v) is 4.45. The molecule has 0 bridgehead atoms. The zero-order chi connectivity index (χ0) is 25.4. The maximum absolute atomic E-state index is 12.6. The van der Waals surface area contributed by atoms with Crippen molar-refractivity contribution in [2.75, 3.05) is 19.0 Å². The van der Waals surface area contributed by atoms with Gasteiger partial charge in [-0.3, -0.25) is 9.59 Å². The molecule has 0 aliphatic carbocycles. The SMILES string of the molecule is CCOC(=O)c1c(NC(=O)C=Cc2ccc(OCc3ccccc3)c(OC)c2)sc(C(C)=O)c1C. The monoisotopic (exact) mass is 493 g/mol. The molecule has 2 aromatic carbocycles. The van der Waals surface area contributed by atoms with E-state index in [9.17, 15) is 14.4 Å². The normalized spacial score (nSPS) is 10.7. The molecule has 3 rings (SSSR count). The molecule has 0 spiro atoms. The molecule has 0 radical (unpaired) electrons. The Morgan fingerprint density at radius 3 is 2.46 bits per heavy atom. The van der Waals surface area contributed by atoms with E-state index < -0.39 is 11.9 Å². The first kappa shape index (κ1) is 25.7. The number of carbonyl (C=O) groups excluding carboxylic acids is 3. The summed E-state index contributed by atoms with van der Waals surface area (Å²) in [7, 11) is 1.55. The number of hydrogen-bond donors (Lipinski definition) is 1.